The number of aromatic nitrogens is 2. The predicted molar refractivity (Wildman–Crippen MR) is 58.5 cm³/mol. The van der Waals surface area contributed by atoms with Crippen LogP contribution in [0.15, 0.2) is 18.7 Å². The molecule has 1 unspecified atom stereocenters. The van der Waals surface area contributed by atoms with Gasteiger partial charge in [0.2, 0.25) is 0 Å². The molecule has 0 aliphatic rings. The van der Waals surface area contributed by atoms with Gasteiger partial charge in [-0.2, -0.15) is 4.57 Å². The van der Waals surface area contributed by atoms with E-state index in [0.29, 0.717) is 0 Å². The molecule has 0 aliphatic carbocycles. The van der Waals surface area contributed by atoms with Crippen LogP contribution in [0, 0.1) is 0 Å². The molecule has 0 saturated carbocycles. The summed E-state index contributed by atoms with van der Waals surface area (Å²) in [6.45, 7) is 6.92. The van der Waals surface area contributed by atoms with Gasteiger partial charge < -0.3 is 28.9 Å². The number of nitrogens with zero attached hydrogens (tertiary/aromatic N) is 3. The van der Waals surface area contributed by atoms with Gasteiger partial charge in [0.05, 0.1) is 7.05 Å². The van der Waals surface area contributed by atoms with Crippen molar-refractivity contribution >= 4 is 6.03 Å². The maximum absolute atomic E-state index is 12.1. The van der Waals surface area contributed by atoms with Crippen molar-refractivity contribution in [3.63, 3.8) is 0 Å². The van der Waals surface area contributed by atoms with E-state index < -0.39 is 0 Å². The van der Waals surface area contributed by atoms with Crippen molar-refractivity contribution in [2.75, 3.05) is 6.54 Å². The Kier molecular flexibility index (Phi) is 6.62. The van der Waals surface area contributed by atoms with Gasteiger partial charge in [-0.1, -0.05) is 6.92 Å². The molecule has 5 heteroatoms. The van der Waals surface area contributed by atoms with Gasteiger partial charge in [0.15, 0.2) is 0 Å². The summed E-state index contributed by atoms with van der Waals surface area (Å²) < 4.78 is 3.48. The Morgan fingerprint density at radius 2 is 2.12 bits per heavy atom. The Bertz CT molecular complexity index is 338. The first-order valence-electron chi connectivity index (χ1n) is 5.44. The first kappa shape index (κ1) is 15.4. The van der Waals surface area contributed by atoms with Crippen molar-refractivity contribution < 1.29 is 33.3 Å². The highest BCUT2D eigenvalue weighted by Crippen LogP contribution is 2.05. The molecule has 1 aromatic heterocycles. The Labute approximate surface area is 114 Å². The van der Waals surface area contributed by atoms with Crippen molar-refractivity contribution in [3.8, 4) is 0 Å². The van der Waals surface area contributed by atoms with E-state index in [1.165, 1.54) is 0 Å². The molecule has 0 spiro atoms. The van der Waals surface area contributed by atoms with Crippen LogP contribution in [0.4, 0.5) is 4.79 Å². The molecule has 16 heavy (non-hydrogen) atoms. The maximum atomic E-state index is 12.1. The van der Waals surface area contributed by atoms with Crippen molar-refractivity contribution in [1.29, 1.82) is 0 Å². The summed E-state index contributed by atoms with van der Waals surface area (Å²) in [6, 6.07) is 0.336. The normalized spacial score (nSPS) is 11.8. The average Bonchev–Trinajstić information content (AvgIpc) is 2.65. The second-order valence-electron chi connectivity index (χ2n) is 3.81. The molecule has 0 aromatic carbocycles. The van der Waals surface area contributed by atoms with E-state index in [0.717, 1.165) is 13.0 Å². The van der Waals surface area contributed by atoms with Crippen molar-refractivity contribution in [2.45, 2.75) is 33.2 Å². The number of rotatable bonds is 3. The monoisotopic (exact) mass is 337 g/mol. The summed E-state index contributed by atoms with van der Waals surface area (Å²) in [6.07, 6.45) is 6.41. The Morgan fingerprint density at radius 1 is 1.50 bits per heavy atom. The first-order chi connectivity index (χ1) is 7.10. The molecule has 1 atom stereocenters. The quantitative estimate of drug-likeness (QED) is 0.483. The Morgan fingerprint density at radius 3 is 2.50 bits per heavy atom. The first-order valence-corrected chi connectivity index (χ1v) is 5.44. The fraction of sp³-hybridized carbons (Fsp3) is 0.636. The number of carbonyl (C=O) groups is 1. The van der Waals surface area contributed by atoms with E-state index in [-0.39, 0.29) is 36.0 Å². The van der Waals surface area contributed by atoms with Gasteiger partial charge in [-0.15, -0.1) is 0 Å². The third-order valence-electron chi connectivity index (χ3n) is 2.70. The topological polar surface area (TPSA) is 29.1 Å². The molecule has 0 bridgehead atoms. The van der Waals surface area contributed by atoms with Crippen molar-refractivity contribution in [2.24, 2.45) is 7.05 Å². The predicted octanol–water partition coefficient (Wildman–Crippen LogP) is -1.59. The zero-order valence-electron chi connectivity index (χ0n) is 10.4. The van der Waals surface area contributed by atoms with Gasteiger partial charge >= 0.3 is 6.03 Å². The Hall–Kier alpha value is -0.590. The van der Waals surface area contributed by atoms with Crippen LogP contribution in [0.1, 0.15) is 27.2 Å². The summed E-state index contributed by atoms with van der Waals surface area (Å²) in [4.78, 5) is 13.9. The molecular weight excluding hydrogens is 317 g/mol. The fourth-order valence-electron chi connectivity index (χ4n) is 1.57. The summed E-state index contributed by atoms with van der Waals surface area (Å²) in [5, 5.41) is 0. The number of halogens is 1. The lowest BCUT2D eigenvalue weighted by molar-refractivity contribution is -0.670. The number of carbonyl (C=O) groups excluding carboxylic acids is 1. The van der Waals surface area contributed by atoms with Gasteiger partial charge in [0.1, 0.15) is 12.4 Å². The highest BCUT2D eigenvalue weighted by molar-refractivity contribution is 5.76. The molecule has 0 aliphatic heterocycles. The van der Waals surface area contributed by atoms with E-state index >= 15 is 0 Å². The largest absolute Gasteiger partial charge is 1.00 e. The number of amides is 1. The molecule has 92 valence electrons. The zero-order chi connectivity index (χ0) is 11.4. The minimum Gasteiger partial charge on any atom is -1.00 e. The Balaban J connectivity index is 0.00000225. The molecule has 4 nitrogen and oxygen atoms in total. The van der Waals surface area contributed by atoms with Crippen LogP contribution in [0.5, 0.6) is 0 Å². The minimum absolute atomic E-state index is 0. The molecule has 1 rings (SSSR count). The molecule has 0 fully saturated rings. The fourth-order valence-corrected chi connectivity index (χ4v) is 1.57. The van der Waals surface area contributed by atoms with Crippen LogP contribution in [-0.4, -0.2) is 28.1 Å². The highest BCUT2D eigenvalue weighted by atomic mass is 127. The zero-order valence-corrected chi connectivity index (χ0v) is 12.5. The standard InChI is InChI=1S/C11H20N3O.HI/c1-5-10(3)14(6-2)11(15)13-8-7-12(4)9-13;/h7-10H,5-6H2,1-4H3;1H/q+1;/p-1. The molecule has 1 amide bonds. The van der Waals surface area contributed by atoms with E-state index in [4.69, 9.17) is 0 Å². The highest BCUT2D eigenvalue weighted by Gasteiger charge is 2.22. The van der Waals surface area contributed by atoms with Crippen LogP contribution in [0.2, 0.25) is 0 Å². The molecule has 1 heterocycles. The van der Waals surface area contributed by atoms with E-state index in [9.17, 15) is 4.79 Å². The number of imidazole rings is 1. The molecule has 1 aromatic rings. The molecular formula is C11H20IN3O. The molecule has 0 saturated heterocycles. The van der Waals surface area contributed by atoms with Crippen LogP contribution in [0.25, 0.3) is 0 Å². The molecule has 0 N–H and O–H groups in total. The van der Waals surface area contributed by atoms with Gasteiger partial charge in [0, 0.05) is 12.6 Å². The second kappa shape index (κ2) is 6.88. The number of aryl methyl sites for hydroxylation is 1. The van der Waals surface area contributed by atoms with Gasteiger partial charge in [-0.25, -0.2) is 9.36 Å². The number of hydrogen-bond donors (Lipinski definition) is 0. The lowest BCUT2D eigenvalue weighted by atomic mass is 10.2. The smallest absolute Gasteiger partial charge is 0.416 e. The third kappa shape index (κ3) is 3.47. The SMILES string of the molecule is CCC(C)N(CC)C(=O)n1cc[n+](C)c1.[I-]. The summed E-state index contributed by atoms with van der Waals surface area (Å²) >= 11 is 0. The van der Waals surface area contributed by atoms with Crippen LogP contribution < -0.4 is 28.5 Å². The second-order valence-corrected chi connectivity index (χ2v) is 3.81. The van der Waals surface area contributed by atoms with E-state index in [2.05, 4.69) is 13.8 Å². The lowest BCUT2D eigenvalue weighted by Crippen LogP contribution is -3.00. The van der Waals surface area contributed by atoms with Crippen molar-refractivity contribution in [1.82, 2.24) is 9.47 Å². The third-order valence-corrected chi connectivity index (χ3v) is 2.70. The van der Waals surface area contributed by atoms with Crippen LogP contribution in [-0.2, 0) is 7.05 Å². The van der Waals surface area contributed by atoms with Crippen molar-refractivity contribution in [3.05, 3.63) is 18.7 Å². The van der Waals surface area contributed by atoms with Gasteiger partial charge in [0.25, 0.3) is 6.33 Å². The summed E-state index contributed by atoms with van der Waals surface area (Å²) in [5.41, 5.74) is 0. The summed E-state index contributed by atoms with van der Waals surface area (Å²) in [5.74, 6) is 0. The number of hydrogen-bond acceptors (Lipinski definition) is 1. The maximum Gasteiger partial charge on any atom is 0.416 e. The minimum atomic E-state index is 0. The lowest BCUT2D eigenvalue weighted by Gasteiger charge is -2.24. The van der Waals surface area contributed by atoms with Crippen LogP contribution in [0.3, 0.4) is 0 Å². The van der Waals surface area contributed by atoms with E-state index in [1.54, 1.807) is 17.1 Å². The van der Waals surface area contributed by atoms with E-state index in [1.807, 2.05) is 29.6 Å². The summed E-state index contributed by atoms with van der Waals surface area (Å²) in [7, 11) is 1.91. The molecule has 0 radical (unpaired) electrons. The van der Waals surface area contributed by atoms with Crippen LogP contribution >= 0.6 is 0 Å². The van der Waals surface area contributed by atoms with Gasteiger partial charge in [-0.05, 0) is 20.3 Å². The van der Waals surface area contributed by atoms with Gasteiger partial charge in [-0.3, -0.25) is 0 Å². The average molecular weight is 337 g/mol.